The fraction of sp³-hybridized carbons (Fsp3) is 0.400. The number of sulfonamides is 1. The van der Waals surface area contributed by atoms with E-state index < -0.39 is 40.0 Å². The van der Waals surface area contributed by atoms with Gasteiger partial charge in [-0.25, -0.2) is 12.8 Å². The Bertz CT molecular complexity index is 537. The highest BCUT2D eigenvalue weighted by Crippen LogP contribution is 2.24. The van der Waals surface area contributed by atoms with E-state index in [1.165, 1.54) is 6.92 Å². The van der Waals surface area contributed by atoms with Gasteiger partial charge in [-0.3, -0.25) is 0 Å². The number of benzene rings is 1. The Labute approximate surface area is 107 Å². The van der Waals surface area contributed by atoms with Crippen LogP contribution in [0.25, 0.3) is 0 Å². The Morgan fingerprint density at radius 1 is 1.26 bits per heavy atom. The molecule has 0 fully saturated rings. The zero-order valence-electron chi connectivity index (χ0n) is 9.91. The quantitative estimate of drug-likeness (QED) is 0.683. The third-order valence-electron chi connectivity index (χ3n) is 2.24. The standard InChI is InChI=1S/C10H12F4N2O2S/c1-2-16(6-10(12,13)14)19(17,18)9-4-7(11)3-8(15)5-9/h3-5H,2,6,15H2,1H3. The Hall–Kier alpha value is -1.35. The Morgan fingerprint density at radius 3 is 2.26 bits per heavy atom. The van der Waals surface area contributed by atoms with E-state index in [-0.39, 0.29) is 9.99 Å². The van der Waals surface area contributed by atoms with E-state index in [1.807, 2.05) is 0 Å². The van der Waals surface area contributed by atoms with E-state index in [9.17, 15) is 26.0 Å². The highest BCUT2D eigenvalue weighted by Gasteiger charge is 2.36. The first kappa shape index (κ1) is 15.7. The molecule has 9 heteroatoms. The van der Waals surface area contributed by atoms with Crippen LogP contribution in [0.1, 0.15) is 6.92 Å². The molecule has 0 bridgehead atoms. The van der Waals surface area contributed by atoms with Crippen molar-refractivity contribution in [2.45, 2.75) is 18.0 Å². The van der Waals surface area contributed by atoms with Crippen molar-refractivity contribution in [1.82, 2.24) is 4.31 Å². The molecule has 19 heavy (non-hydrogen) atoms. The topological polar surface area (TPSA) is 63.4 Å². The molecule has 0 spiro atoms. The molecule has 1 rings (SSSR count). The largest absolute Gasteiger partial charge is 0.402 e. The van der Waals surface area contributed by atoms with Gasteiger partial charge in [0.2, 0.25) is 10.0 Å². The van der Waals surface area contributed by atoms with Gasteiger partial charge >= 0.3 is 6.18 Å². The maximum Gasteiger partial charge on any atom is 0.402 e. The van der Waals surface area contributed by atoms with Gasteiger partial charge in [-0.1, -0.05) is 6.92 Å². The summed E-state index contributed by atoms with van der Waals surface area (Å²) in [6, 6.07) is 2.42. The Kier molecular flexibility index (Phi) is 4.41. The summed E-state index contributed by atoms with van der Waals surface area (Å²) in [7, 11) is -4.44. The van der Waals surface area contributed by atoms with E-state index >= 15 is 0 Å². The van der Waals surface area contributed by atoms with Gasteiger partial charge in [0.25, 0.3) is 0 Å². The number of alkyl halides is 3. The molecule has 0 heterocycles. The SMILES string of the molecule is CCN(CC(F)(F)F)S(=O)(=O)c1cc(N)cc(F)c1. The summed E-state index contributed by atoms with van der Waals surface area (Å²) in [5.74, 6) is -0.929. The minimum atomic E-state index is -4.68. The fourth-order valence-electron chi connectivity index (χ4n) is 1.45. The third-order valence-corrected chi connectivity index (χ3v) is 4.14. The van der Waals surface area contributed by atoms with Crippen LogP contribution in [0, 0.1) is 5.82 Å². The summed E-state index contributed by atoms with van der Waals surface area (Å²) in [5, 5.41) is 0. The van der Waals surface area contributed by atoms with Gasteiger partial charge in [0.1, 0.15) is 12.4 Å². The van der Waals surface area contributed by atoms with Crippen molar-refractivity contribution in [3.05, 3.63) is 24.0 Å². The van der Waals surface area contributed by atoms with E-state index in [0.717, 1.165) is 12.1 Å². The molecule has 0 aliphatic carbocycles. The normalized spacial score (nSPS) is 12.9. The van der Waals surface area contributed by atoms with Gasteiger partial charge in [0, 0.05) is 12.2 Å². The summed E-state index contributed by atoms with van der Waals surface area (Å²) in [5.41, 5.74) is 5.10. The van der Waals surface area contributed by atoms with E-state index in [2.05, 4.69) is 0 Å². The van der Waals surface area contributed by atoms with Gasteiger partial charge in [-0.15, -0.1) is 0 Å². The molecule has 0 amide bonds. The number of rotatable bonds is 4. The predicted molar refractivity (Wildman–Crippen MR) is 61.3 cm³/mol. The van der Waals surface area contributed by atoms with Crippen molar-refractivity contribution in [2.75, 3.05) is 18.8 Å². The van der Waals surface area contributed by atoms with Crippen LogP contribution >= 0.6 is 0 Å². The smallest absolute Gasteiger partial charge is 0.399 e. The predicted octanol–water partition coefficient (Wildman–Crippen LogP) is 1.98. The van der Waals surface area contributed by atoms with Crippen molar-refractivity contribution < 1.29 is 26.0 Å². The average Bonchev–Trinajstić information content (AvgIpc) is 2.23. The third kappa shape index (κ3) is 4.06. The molecule has 0 atom stereocenters. The zero-order valence-corrected chi connectivity index (χ0v) is 10.7. The Morgan fingerprint density at radius 2 is 1.84 bits per heavy atom. The molecule has 0 radical (unpaired) electrons. The van der Waals surface area contributed by atoms with Crippen LogP contribution in [0.4, 0.5) is 23.2 Å². The second-order valence-electron chi connectivity index (χ2n) is 3.77. The lowest BCUT2D eigenvalue weighted by Gasteiger charge is -2.22. The number of anilines is 1. The summed E-state index contributed by atoms with van der Waals surface area (Å²) < 4.78 is 74.1. The molecule has 108 valence electrons. The van der Waals surface area contributed by atoms with Gasteiger partial charge in [0.05, 0.1) is 4.90 Å². The minimum Gasteiger partial charge on any atom is -0.399 e. The highest BCUT2D eigenvalue weighted by molar-refractivity contribution is 7.89. The van der Waals surface area contributed by atoms with E-state index in [4.69, 9.17) is 5.73 Å². The molecule has 4 nitrogen and oxygen atoms in total. The molecular weight excluding hydrogens is 288 g/mol. The number of halogens is 4. The number of nitrogens with zero attached hydrogens (tertiary/aromatic N) is 1. The van der Waals surface area contributed by atoms with Gasteiger partial charge in [0.15, 0.2) is 0 Å². The van der Waals surface area contributed by atoms with Crippen LogP contribution in [0.2, 0.25) is 0 Å². The van der Waals surface area contributed by atoms with E-state index in [1.54, 1.807) is 0 Å². The fourth-order valence-corrected chi connectivity index (χ4v) is 2.95. The zero-order chi connectivity index (χ0) is 14.8. The lowest BCUT2D eigenvalue weighted by Crippen LogP contribution is -2.38. The molecule has 0 unspecified atom stereocenters. The molecule has 0 saturated carbocycles. The van der Waals surface area contributed by atoms with Crippen LogP contribution in [-0.2, 0) is 10.0 Å². The van der Waals surface area contributed by atoms with Gasteiger partial charge in [-0.05, 0) is 18.2 Å². The molecule has 2 N–H and O–H groups in total. The van der Waals surface area contributed by atoms with Crippen LogP contribution in [0.15, 0.2) is 23.1 Å². The highest BCUT2D eigenvalue weighted by atomic mass is 32.2. The lowest BCUT2D eigenvalue weighted by atomic mass is 10.3. The first-order valence-corrected chi connectivity index (χ1v) is 6.63. The number of hydrogen-bond acceptors (Lipinski definition) is 3. The van der Waals surface area contributed by atoms with E-state index in [0.29, 0.717) is 6.07 Å². The van der Waals surface area contributed by atoms with Crippen molar-refractivity contribution >= 4 is 15.7 Å². The van der Waals surface area contributed by atoms with Crippen molar-refractivity contribution in [3.63, 3.8) is 0 Å². The van der Waals surface area contributed by atoms with Gasteiger partial charge in [-0.2, -0.15) is 17.5 Å². The summed E-state index contributed by atoms with van der Waals surface area (Å²) >= 11 is 0. The number of nitrogens with two attached hydrogens (primary N) is 1. The molecule has 0 aliphatic rings. The van der Waals surface area contributed by atoms with Crippen LogP contribution in [0.5, 0.6) is 0 Å². The first-order chi connectivity index (χ1) is 8.56. The summed E-state index contributed by atoms with van der Waals surface area (Å²) in [4.78, 5) is -0.601. The van der Waals surface area contributed by atoms with Crippen LogP contribution < -0.4 is 5.73 Å². The molecule has 0 saturated heterocycles. The monoisotopic (exact) mass is 300 g/mol. The van der Waals surface area contributed by atoms with Crippen molar-refractivity contribution in [3.8, 4) is 0 Å². The minimum absolute atomic E-state index is 0.179. The molecule has 1 aromatic rings. The molecule has 1 aromatic carbocycles. The second-order valence-corrected chi connectivity index (χ2v) is 5.70. The molecule has 0 aromatic heterocycles. The summed E-state index contributed by atoms with van der Waals surface area (Å²) in [6.07, 6.45) is -4.68. The number of nitrogen functional groups attached to an aromatic ring is 1. The summed E-state index contributed by atoms with van der Waals surface area (Å²) in [6.45, 7) is -0.771. The number of hydrogen-bond donors (Lipinski definition) is 1. The van der Waals surface area contributed by atoms with Crippen molar-refractivity contribution in [1.29, 1.82) is 0 Å². The lowest BCUT2D eigenvalue weighted by molar-refractivity contribution is -0.135. The second kappa shape index (κ2) is 5.33. The average molecular weight is 300 g/mol. The Balaban J connectivity index is 3.20. The van der Waals surface area contributed by atoms with Crippen LogP contribution in [-0.4, -0.2) is 32.0 Å². The molecule has 0 aliphatic heterocycles. The maximum absolute atomic E-state index is 13.1. The van der Waals surface area contributed by atoms with Crippen LogP contribution in [0.3, 0.4) is 0 Å². The van der Waals surface area contributed by atoms with Gasteiger partial charge < -0.3 is 5.73 Å². The van der Waals surface area contributed by atoms with Crippen molar-refractivity contribution in [2.24, 2.45) is 0 Å². The first-order valence-electron chi connectivity index (χ1n) is 5.19. The maximum atomic E-state index is 13.1. The molecular formula is C10H12F4N2O2S.